The van der Waals surface area contributed by atoms with E-state index in [-0.39, 0.29) is 19.2 Å². The van der Waals surface area contributed by atoms with Crippen molar-refractivity contribution in [3.63, 3.8) is 0 Å². The molecule has 1 unspecified atom stereocenters. The molecule has 0 aliphatic heterocycles. The van der Waals surface area contributed by atoms with Crippen LogP contribution in [0.15, 0.2) is 0 Å². The Morgan fingerprint density at radius 2 is 0.973 bits per heavy atom. The second kappa shape index (κ2) is 37.0. The first-order valence-corrected chi connectivity index (χ1v) is 15.1. The summed E-state index contributed by atoms with van der Waals surface area (Å²) < 4.78 is 4.96. The van der Waals surface area contributed by atoms with Crippen LogP contribution in [-0.4, -0.2) is 58.3 Å². The van der Waals surface area contributed by atoms with E-state index >= 15 is 0 Å². The molecule has 0 saturated heterocycles. The number of ether oxygens (including phenoxy) is 1. The van der Waals surface area contributed by atoms with Crippen LogP contribution in [0, 0.1) is 0 Å². The fourth-order valence-electron chi connectivity index (χ4n) is 3.49. The average Bonchev–Trinajstić information content (AvgIpc) is 2.87. The van der Waals surface area contributed by atoms with Crippen molar-refractivity contribution in [3.05, 3.63) is 0 Å². The maximum Gasteiger partial charge on any atom is 0.305 e. The Kier molecular flexibility index (Phi) is 40.3. The van der Waals surface area contributed by atoms with E-state index < -0.39 is 12.1 Å². The predicted octanol–water partition coefficient (Wildman–Crippen LogP) is 7.18. The van der Waals surface area contributed by atoms with Crippen molar-refractivity contribution >= 4 is 11.9 Å². The van der Waals surface area contributed by atoms with Crippen LogP contribution in [0.2, 0.25) is 0 Å². The highest BCUT2D eigenvalue weighted by atomic mass is 16.5. The summed E-state index contributed by atoms with van der Waals surface area (Å²) in [6, 6.07) is 0. The van der Waals surface area contributed by atoms with Gasteiger partial charge in [0.25, 0.3) is 0 Å². The van der Waals surface area contributed by atoms with Crippen molar-refractivity contribution in [2.24, 2.45) is 0 Å². The molecule has 0 amide bonds. The molecule has 0 fully saturated rings. The summed E-state index contributed by atoms with van der Waals surface area (Å²) in [5, 5.41) is 33.0. The molecule has 4 N–H and O–H groups in total. The van der Waals surface area contributed by atoms with Gasteiger partial charge in [0, 0.05) is 25.9 Å². The van der Waals surface area contributed by atoms with Crippen LogP contribution in [0.4, 0.5) is 0 Å². The Morgan fingerprint density at radius 1 is 0.622 bits per heavy atom. The maximum absolute atomic E-state index is 11.2. The minimum atomic E-state index is -0.659. The molecule has 7 heteroatoms. The number of aliphatic hydroxyl groups excluding tert-OH is 3. The molecule has 0 aliphatic rings. The predicted molar refractivity (Wildman–Crippen MR) is 153 cm³/mol. The highest BCUT2D eigenvalue weighted by Crippen LogP contribution is 2.11. The molecule has 0 heterocycles. The smallest absolute Gasteiger partial charge is 0.305 e. The van der Waals surface area contributed by atoms with Gasteiger partial charge in [-0.3, -0.25) is 9.59 Å². The summed E-state index contributed by atoms with van der Waals surface area (Å²) in [5.41, 5.74) is 0. The van der Waals surface area contributed by atoms with Crippen molar-refractivity contribution in [2.45, 2.75) is 162 Å². The highest BCUT2D eigenvalue weighted by Gasteiger charge is 2.02. The number of rotatable bonds is 24. The van der Waals surface area contributed by atoms with Crippen molar-refractivity contribution in [1.29, 1.82) is 0 Å². The fraction of sp³-hybridized carbons (Fsp3) is 0.933. The van der Waals surface area contributed by atoms with E-state index in [9.17, 15) is 9.59 Å². The topological polar surface area (TPSA) is 124 Å². The summed E-state index contributed by atoms with van der Waals surface area (Å²) in [5.74, 6) is -0.778. The summed E-state index contributed by atoms with van der Waals surface area (Å²) in [7, 11) is 0. The third kappa shape index (κ3) is 48.5. The molecule has 224 valence electrons. The van der Waals surface area contributed by atoms with Gasteiger partial charge in [0.2, 0.25) is 0 Å². The van der Waals surface area contributed by atoms with Crippen LogP contribution in [0.25, 0.3) is 0 Å². The first-order valence-electron chi connectivity index (χ1n) is 15.1. The number of carboxylic acids is 1. The van der Waals surface area contributed by atoms with E-state index in [2.05, 4.69) is 13.8 Å². The van der Waals surface area contributed by atoms with Gasteiger partial charge in [0.1, 0.15) is 0 Å². The number of unbranched alkanes of at least 4 members (excludes halogenated alkanes) is 16. The van der Waals surface area contributed by atoms with Gasteiger partial charge in [-0.2, -0.15) is 0 Å². The van der Waals surface area contributed by atoms with Gasteiger partial charge in [0.05, 0.1) is 19.3 Å². The summed E-state index contributed by atoms with van der Waals surface area (Å²) >= 11 is 0. The largest absolute Gasteiger partial charge is 0.481 e. The third-order valence-corrected chi connectivity index (χ3v) is 5.81. The molecule has 37 heavy (non-hydrogen) atoms. The lowest BCUT2D eigenvalue weighted by Crippen LogP contribution is -2.06. The molecular formula is C30H62O7. The highest BCUT2D eigenvalue weighted by molar-refractivity contribution is 5.69. The van der Waals surface area contributed by atoms with Crippen LogP contribution in [0.1, 0.15) is 156 Å². The molecule has 7 nitrogen and oxygen atoms in total. The number of hydrogen-bond donors (Lipinski definition) is 4. The van der Waals surface area contributed by atoms with E-state index in [0.717, 1.165) is 25.7 Å². The number of aliphatic hydroxyl groups is 3. The Balaban J connectivity index is -0.000000539. The lowest BCUT2D eigenvalue weighted by Gasteiger charge is -2.04. The summed E-state index contributed by atoms with van der Waals surface area (Å²) in [6.45, 7) is 6.30. The lowest BCUT2D eigenvalue weighted by molar-refractivity contribution is -0.144. The quantitative estimate of drug-likeness (QED) is 0.0763. The van der Waals surface area contributed by atoms with E-state index in [1.807, 2.05) is 0 Å². The monoisotopic (exact) mass is 534 g/mol. The number of hydrogen-bond acceptors (Lipinski definition) is 6. The number of carboxylic acid groups (broad SMARTS) is 1. The van der Waals surface area contributed by atoms with Gasteiger partial charge >= 0.3 is 11.9 Å². The third-order valence-electron chi connectivity index (χ3n) is 5.81. The molecule has 0 rings (SSSR count). The maximum atomic E-state index is 11.2. The molecular weight excluding hydrogens is 472 g/mol. The first kappa shape index (κ1) is 40.3. The van der Waals surface area contributed by atoms with Gasteiger partial charge in [-0.25, -0.2) is 0 Å². The number of carbonyl (C=O) groups excluding carboxylic acids is 1. The van der Waals surface area contributed by atoms with Crippen molar-refractivity contribution < 1.29 is 34.8 Å². The SMILES string of the molecule is CC(O)CO.CCCCCCCCCCCC(=O)O.CCCCCCCCCCCC(=O)OCCCO. The van der Waals surface area contributed by atoms with Crippen LogP contribution in [0.5, 0.6) is 0 Å². The van der Waals surface area contributed by atoms with Gasteiger partial charge in [-0.1, -0.05) is 117 Å². The molecule has 1 atom stereocenters. The zero-order chi connectivity index (χ0) is 28.4. The molecule has 0 aliphatic carbocycles. The summed E-state index contributed by atoms with van der Waals surface area (Å²) in [4.78, 5) is 21.4. The van der Waals surface area contributed by atoms with Gasteiger partial charge in [0.15, 0.2) is 0 Å². The van der Waals surface area contributed by atoms with Gasteiger partial charge in [-0.15, -0.1) is 0 Å². The van der Waals surface area contributed by atoms with Crippen LogP contribution in [-0.2, 0) is 14.3 Å². The molecule has 0 aromatic carbocycles. The molecule has 0 saturated carbocycles. The van der Waals surface area contributed by atoms with E-state index in [1.54, 1.807) is 0 Å². The van der Waals surface area contributed by atoms with E-state index in [1.165, 1.54) is 96.8 Å². The fourth-order valence-corrected chi connectivity index (χ4v) is 3.49. The molecule has 0 bridgehead atoms. The minimum Gasteiger partial charge on any atom is -0.481 e. The van der Waals surface area contributed by atoms with Crippen molar-refractivity contribution in [2.75, 3.05) is 19.8 Å². The molecule has 0 spiro atoms. The second-order valence-electron chi connectivity index (χ2n) is 9.88. The minimum absolute atomic E-state index is 0.0886. The number of carbonyl (C=O) groups is 2. The Hall–Kier alpha value is -1.18. The zero-order valence-electron chi connectivity index (χ0n) is 24.6. The zero-order valence-corrected chi connectivity index (χ0v) is 24.6. The van der Waals surface area contributed by atoms with Crippen LogP contribution < -0.4 is 0 Å². The van der Waals surface area contributed by atoms with E-state index in [0.29, 0.717) is 25.9 Å². The standard InChI is InChI=1S/C15H30O3.C12H24O2.C3H8O2/c1-2-3-4-5-6-7-8-9-10-12-15(17)18-14-11-13-16;1-2-3-4-5-6-7-8-9-10-11-12(13)14;1-3(5)2-4/h16H,2-14H2,1H3;2-11H2,1H3,(H,13,14);3-5H,2H2,1H3. The van der Waals surface area contributed by atoms with E-state index in [4.69, 9.17) is 25.2 Å². The normalized spacial score (nSPS) is 11.1. The number of esters is 1. The van der Waals surface area contributed by atoms with Crippen LogP contribution in [0.3, 0.4) is 0 Å². The average molecular weight is 535 g/mol. The number of aliphatic carboxylic acids is 1. The summed E-state index contributed by atoms with van der Waals surface area (Å²) in [6.07, 6.45) is 23.3. The second-order valence-corrected chi connectivity index (χ2v) is 9.88. The van der Waals surface area contributed by atoms with Crippen LogP contribution >= 0.6 is 0 Å². The Labute approximate surface area is 228 Å². The van der Waals surface area contributed by atoms with Crippen molar-refractivity contribution in [3.8, 4) is 0 Å². The van der Waals surface area contributed by atoms with Crippen molar-refractivity contribution in [1.82, 2.24) is 0 Å². The molecule has 0 aromatic rings. The molecule has 0 aromatic heterocycles. The Morgan fingerprint density at radius 3 is 1.30 bits per heavy atom. The van der Waals surface area contributed by atoms with Gasteiger partial charge in [-0.05, 0) is 19.8 Å². The first-order chi connectivity index (χ1) is 17.8. The van der Waals surface area contributed by atoms with Gasteiger partial charge < -0.3 is 25.2 Å². The molecule has 0 radical (unpaired) electrons. The lowest BCUT2D eigenvalue weighted by atomic mass is 10.1. The Bertz CT molecular complexity index is 442.